The molecule has 0 saturated heterocycles. The summed E-state index contributed by atoms with van der Waals surface area (Å²) in [6.07, 6.45) is 2.91. The summed E-state index contributed by atoms with van der Waals surface area (Å²) in [4.78, 5) is 1.90. The molecule has 7 heteroatoms. The van der Waals surface area contributed by atoms with E-state index in [2.05, 4.69) is 0 Å². The van der Waals surface area contributed by atoms with Gasteiger partial charge < -0.3 is 9.47 Å². The van der Waals surface area contributed by atoms with Crippen LogP contribution in [0.1, 0.15) is 0 Å². The van der Waals surface area contributed by atoms with Crippen molar-refractivity contribution in [3.8, 4) is 0 Å². The Bertz CT molecular complexity index is 741. The van der Waals surface area contributed by atoms with Crippen molar-refractivity contribution in [2.24, 2.45) is 0 Å². The smallest absolute Gasteiger partial charge is 0.168 e. The molecule has 1 aromatic carbocycles. The van der Waals surface area contributed by atoms with Gasteiger partial charge in [0.25, 0.3) is 0 Å². The average molecular weight is 316 g/mol. The number of hydrogen-bond donors (Lipinski definition) is 0. The molecule has 4 nitrogen and oxygen atoms in total. The zero-order chi connectivity index (χ0) is 15.6. The van der Waals surface area contributed by atoms with Crippen LogP contribution in [0.25, 0.3) is 10.9 Å². The molecule has 21 heavy (non-hydrogen) atoms. The third-order valence-corrected chi connectivity index (χ3v) is 4.33. The molecule has 0 N–H and O–H groups in total. The Morgan fingerprint density at radius 3 is 2.57 bits per heavy atom. The molecule has 1 heterocycles. The van der Waals surface area contributed by atoms with Crippen LogP contribution in [0.4, 0.5) is 8.78 Å². The molecule has 0 saturated carbocycles. The Labute approximate surface area is 122 Å². The van der Waals surface area contributed by atoms with E-state index < -0.39 is 21.5 Å². The maximum absolute atomic E-state index is 13.6. The van der Waals surface area contributed by atoms with Crippen LogP contribution in [0, 0.1) is 11.6 Å². The van der Waals surface area contributed by atoms with Crippen molar-refractivity contribution in [2.75, 3.05) is 32.1 Å². The first-order valence-corrected chi connectivity index (χ1v) is 8.63. The number of halogens is 2. The van der Waals surface area contributed by atoms with Crippen molar-refractivity contribution < 1.29 is 17.2 Å². The van der Waals surface area contributed by atoms with Gasteiger partial charge in [-0.15, -0.1) is 0 Å². The molecule has 1 aromatic heterocycles. The molecule has 116 valence electrons. The number of likely N-dealkylation sites (N-methyl/N-ethyl adjacent to an activating group) is 1. The van der Waals surface area contributed by atoms with Gasteiger partial charge in [0.05, 0.1) is 11.3 Å². The maximum atomic E-state index is 13.6. The lowest BCUT2D eigenvalue weighted by molar-refractivity contribution is 0.338. The molecule has 2 aromatic rings. The second-order valence-corrected chi connectivity index (χ2v) is 7.50. The van der Waals surface area contributed by atoms with E-state index in [1.165, 1.54) is 6.26 Å². The van der Waals surface area contributed by atoms with E-state index in [0.717, 1.165) is 6.07 Å². The van der Waals surface area contributed by atoms with Gasteiger partial charge in [-0.25, -0.2) is 17.2 Å². The second kappa shape index (κ2) is 6.11. The van der Waals surface area contributed by atoms with E-state index in [4.69, 9.17) is 0 Å². The van der Waals surface area contributed by atoms with Crippen LogP contribution in [0.3, 0.4) is 0 Å². The van der Waals surface area contributed by atoms with Gasteiger partial charge in [0, 0.05) is 37.5 Å². The predicted octanol–water partition coefficient (Wildman–Crippen LogP) is 1.90. The highest BCUT2D eigenvalue weighted by Gasteiger charge is 2.11. The zero-order valence-corrected chi connectivity index (χ0v) is 12.8. The minimum atomic E-state index is -2.98. The highest BCUT2D eigenvalue weighted by Crippen LogP contribution is 2.21. The first-order valence-electron chi connectivity index (χ1n) is 6.57. The number of aromatic nitrogens is 1. The topological polar surface area (TPSA) is 42.3 Å². The molecule has 0 unspecified atom stereocenters. The summed E-state index contributed by atoms with van der Waals surface area (Å²) >= 11 is 0. The van der Waals surface area contributed by atoms with Crippen molar-refractivity contribution >= 4 is 20.7 Å². The number of hydrogen-bond acceptors (Lipinski definition) is 3. The molecule has 2 rings (SSSR count). The van der Waals surface area contributed by atoms with Gasteiger partial charge in [0.1, 0.15) is 9.84 Å². The molecule has 0 atom stereocenters. The summed E-state index contributed by atoms with van der Waals surface area (Å²) in [7, 11) is -1.15. The number of benzene rings is 1. The maximum Gasteiger partial charge on any atom is 0.168 e. The van der Waals surface area contributed by atoms with E-state index in [9.17, 15) is 17.2 Å². The lowest BCUT2D eigenvalue weighted by Crippen LogP contribution is -2.28. The van der Waals surface area contributed by atoms with Gasteiger partial charge in [0.2, 0.25) is 0 Å². The van der Waals surface area contributed by atoms with Gasteiger partial charge in [-0.1, -0.05) is 0 Å². The molecular weight excluding hydrogens is 298 g/mol. The van der Waals surface area contributed by atoms with Crippen molar-refractivity contribution in [2.45, 2.75) is 6.54 Å². The monoisotopic (exact) mass is 316 g/mol. The van der Waals surface area contributed by atoms with Crippen LogP contribution in [0.15, 0.2) is 24.4 Å². The van der Waals surface area contributed by atoms with Gasteiger partial charge >= 0.3 is 0 Å². The number of rotatable bonds is 6. The zero-order valence-electron chi connectivity index (χ0n) is 12.0. The fourth-order valence-corrected chi connectivity index (χ4v) is 2.76. The lowest BCUT2D eigenvalue weighted by Gasteiger charge is -2.16. The fraction of sp³-hybridized carbons (Fsp3) is 0.429. The van der Waals surface area contributed by atoms with Crippen LogP contribution in [0.2, 0.25) is 0 Å². The van der Waals surface area contributed by atoms with Gasteiger partial charge in [-0.2, -0.15) is 0 Å². The Balaban J connectivity index is 2.03. The van der Waals surface area contributed by atoms with Crippen LogP contribution >= 0.6 is 0 Å². The third-order valence-electron chi connectivity index (χ3n) is 3.41. The van der Waals surface area contributed by atoms with Crippen molar-refractivity contribution in [3.05, 3.63) is 36.0 Å². The van der Waals surface area contributed by atoms with E-state index in [1.807, 2.05) is 16.5 Å². The van der Waals surface area contributed by atoms with E-state index in [1.54, 1.807) is 18.3 Å². The second-order valence-electron chi connectivity index (χ2n) is 5.24. The Morgan fingerprint density at radius 1 is 1.19 bits per heavy atom. The van der Waals surface area contributed by atoms with Crippen LogP contribution < -0.4 is 0 Å². The molecule has 0 aliphatic carbocycles. The Kier molecular flexibility index (Phi) is 4.63. The fourth-order valence-electron chi connectivity index (χ4n) is 2.12. The molecule has 0 fully saturated rings. The summed E-state index contributed by atoms with van der Waals surface area (Å²) in [5.74, 6) is -1.59. The number of nitrogens with zero attached hydrogens (tertiary/aromatic N) is 2. The Morgan fingerprint density at radius 2 is 1.90 bits per heavy atom. The minimum absolute atomic E-state index is 0.107. The quantitative estimate of drug-likeness (QED) is 0.817. The SMILES string of the molecule is CN(CCn1ccc2c(F)c(F)ccc21)CCS(C)(=O)=O. The first-order chi connectivity index (χ1) is 9.78. The molecule has 0 amide bonds. The summed E-state index contributed by atoms with van der Waals surface area (Å²) in [5.41, 5.74) is 0.630. The molecule has 0 bridgehead atoms. The van der Waals surface area contributed by atoms with E-state index in [-0.39, 0.29) is 11.1 Å². The summed E-state index contributed by atoms with van der Waals surface area (Å²) in [6, 6.07) is 4.20. The minimum Gasteiger partial charge on any atom is -0.346 e. The average Bonchev–Trinajstić information content (AvgIpc) is 2.81. The predicted molar refractivity (Wildman–Crippen MR) is 79.1 cm³/mol. The number of fused-ring (bicyclic) bond motifs is 1. The molecule has 0 spiro atoms. The number of sulfone groups is 1. The van der Waals surface area contributed by atoms with Gasteiger partial charge in [0.15, 0.2) is 11.6 Å². The van der Waals surface area contributed by atoms with Crippen molar-refractivity contribution in [3.63, 3.8) is 0 Å². The van der Waals surface area contributed by atoms with Crippen molar-refractivity contribution in [1.29, 1.82) is 0 Å². The van der Waals surface area contributed by atoms with E-state index >= 15 is 0 Å². The first kappa shape index (κ1) is 15.9. The van der Waals surface area contributed by atoms with Crippen LogP contribution in [0.5, 0.6) is 0 Å². The highest BCUT2D eigenvalue weighted by molar-refractivity contribution is 7.90. The van der Waals surface area contributed by atoms with Crippen LogP contribution in [-0.2, 0) is 16.4 Å². The normalized spacial score (nSPS) is 12.4. The molecule has 0 aliphatic rings. The summed E-state index contributed by atoms with van der Waals surface area (Å²) in [5, 5.41) is 0.258. The molecular formula is C14H18F2N2O2S. The lowest BCUT2D eigenvalue weighted by atomic mass is 10.2. The van der Waals surface area contributed by atoms with Gasteiger partial charge in [-0.3, -0.25) is 0 Å². The van der Waals surface area contributed by atoms with E-state index in [0.29, 0.717) is 25.2 Å². The highest BCUT2D eigenvalue weighted by atomic mass is 32.2. The van der Waals surface area contributed by atoms with Gasteiger partial charge in [-0.05, 0) is 25.2 Å². The summed E-state index contributed by atoms with van der Waals surface area (Å²) in [6.45, 7) is 1.65. The third kappa shape index (κ3) is 4.01. The standard InChI is InChI=1S/C14H18F2N2O2S/c1-17(9-10-21(2,19)20)7-8-18-6-5-11-13(18)4-3-12(15)14(11)16/h3-6H,7-10H2,1-2H3. The van der Waals surface area contributed by atoms with Crippen LogP contribution in [-0.4, -0.2) is 50.0 Å². The van der Waals surface area contributed by atoms with Crippen molar-refractivity contribution in [1.82, 2.24) is 9.47 Å². The molecule has 0 radical (unpaired) electrons. The Hall–Kier alpha value is -1.47. The summed E-state index contributed by atoms with van der Waals surface area (Å²) < 4.78 is 50.8. The largest absolute Gasteiger partial charge is 0.346 e. The molecule has 0 aliphatic heterocycles.